The van der Waals surface area contributed by atoms with Crippen molar-refractivity contribution >= 4 is 22.8 Å². The van der Waals surface area contributed by atoms with Crippen LogP contribution in [0.4, 0.5) is 0 Å². The van der Waals surface area contributed by atoms with Crippen molar-refractivity contribution in [2.75, 3.05) is 12.3 Å². The van der Waals surface area contributed by atoms with E-state index < -0.39 is 0 Å². The summed E-state index contributed by atoms with van der Waals surface area (Å²) >= 11 is 2.10. The summed E-state index contributed by atoms with van der Waals surface area (Å²) in [5.74, 6) is 1.34. The molecule has 2 aromatic heterocycles. The number of fused-ring (bicyclic) bond motifs is 1. The number of nitrogens with zero attached hydrogens (tertiary/aromatic N) is 1. The largest absolute Gasteiger partial charge is 0.346 e. The molecule has 3 nitrogen and oxygen atoms in total. The van der Waals surface area contributed by atoms with Gasteiger partial charge in [-0.25, -0.2) is 4.98 Å². The molecule has 0 saturated carbocycles. The first-order chi connectivity index (χ1) is 8.43. The summed E-state index contributed by atoms with van der Waals surface area (Å²) < 4.78 is 0. The Morgan fingerprint density at radius 1 is 1.53 bits per heavy atom. The van der Waals surface area contributed by atoms with E-state index in [1.54, 1.807) is 0 Å². The highest BCUT2D eigenvalue weighted by atomic mass is 32.2. The zero-order valence-corrected chi connectivity index (χ0v) is 10.6. The van der Waals surface area contributed by atoms with Crippen LogP contribution >= 0.6 is 11.8 Å². The summed E-state index contributed by atoms with van der Waals surface area (Å²) in [5.41, 5.74) is 2.30. The molecule has 1 aliphatic heterocycles. The van der Waals surface area contributed by atoms with Gasteiger partial charge >= 0.3 is 0 Å². The number of H-pyrrole nitrogens is 1. The van der Waals surface area contributed by atoms with E-state index in [-0.39, 0.29) is 0 Å². The molecule has 1 fully saturated rings. The van der Waals surface area contributed by atoms with Crippen LogP contribution in [0.5, 0.6) is 0 Å². The Labute approximate surface area is 105 Å². The predicted molar refractivity (Wildman–Crippen MR) is 73.3 cm³/mol. The molecule has 4 heteroatoms. The minimum absolute atomic E-state index is 0.818. The van der Waals surface area contributed by atoms with Crippen molar-refractivity contribution in [2.24, 2.45) is 0 Å². The van der Waals surface area contributed by atoms with E-state index in [4.69, 9.17) is 0 Å². The second-order valence-corrected chi connectivity index (χ2v) is 5.89. The highest BCUT2D eigenvalue weighted by Crippen LogP contribution is 2.25. The van der Waals surface area contributed by atoms with Crippen molar-refractivity contribution in [2.45, 2.75) is 24.6 Å². The maximum atomic E-state index is 4.30. The zero-order valence-electron chi connectivity index (χ0n) is 9.78. The smallest absolute Gasteiger partial charge is 0.137 e. The molecule has 2 N–H and O–H groups in total. The van der Waals surface area contributed by atoms with E-state index in [1.807, 2.05) is 12.3 Å². The summed E-state index contributed by atoms with van der Waals surface area (Å²) in [6, 6.07) is 4.12. The lowest BCUT2D eigenvalue weighted by atomic mass is 10.2. The molecule has 90 valence electrons. The Bertz CT molecular complexity index is 488. The average molecular weight is 247 g/mol. The number of aromatic nitrogens is 2. The van der Waals surface area contributed by atoms with Crippen LogP contribution in [0, 0.1) is 0 Å². The number of hydrogen-bond donors (Lipinski definition) is 2. The minimum atomic E-state index is 0.818. The first-order valence-electron chi connectivity index (χ1n) is 6.17. The molecule has 1 atom stereocenters. The molecule has 1 aliphatic rings. The van der Waals surface area contributed by atoms with Crippen LogP contribution in [0.15, 0.2) is 24.5 Å². The molecule has 17 heavy (non-hydrogen) atoms. The summed E-state index contributed by atoms with van der Waals surface area (Å²) in [7, 11) is 0. The summed E-state index contributed by atoms with van der Waals surface area (Å²) in [6.07, 6.45) is 6.64. The molecule has 0 bridgehead atoms. The minimum Gasteiger partial charge on any atom is -0.346 e. The summed E-state index contributed by atoms with van der Waals surface area (Å²) in [4.78, 5) is 7.51. The number of nitrogens with one attached hydrogen (secondary N) is 2. The number of rotatable bonds is 4. The van der Waals surface area contributed by atoms with Crippen LogP contribution in [0.2, 0.25) is 0 Å². The quantitative estimate of drug-likeness (QED) is 0.872. The Morgan fingerprint density at radius 2 is 2.53 bits per heavy atom. The van der Waals surface area contributed by atoms with Crippen molar-refractivity contribution in [3.63, 3.8) is 0 Å². The molecule has 1 unspecified atom stereocenters. The van der Waals surface area contributed by atoms with Gasteiger partial charge in [-0.3, -0.25) is 0 Å². The predicted octanol–water partition coefficient (Wildman–Crippen LogP) is 2.55. The number of hydrogen-bond acceptors (Lipinski definition) is 3. The summed E-state index contributed by atoms with van der Waals surface area (Å²) in [6.45, 7) is 2.06. The van der Waals surface area contributed by atoms with Gasteiger partial charge in [-0.2, -0.15) is 11.8 Å². The maximum Gasteiger partial charge on any atom is 0.137 e. The van der Waals surface area contributed by atoms with Gasteiger partial charge in [-0.1, -0.05) is 0 Å². The Balaban J connectivity index is 1.60. The molecular weight excluding hydrogens is 230 g/mol. The fourth-order valence-electron chi connectivity index (χ4n) is 2.33. The van der Waals surface area contributed by atoms with Crippen LogP contribution in [0.3, 0.4) is 0 Å². The second kappa shape index (κ2) is 5.10. The molecule has 2 aromatic rings. The van der Waals surface area contributed by atoms with Gasteiger partial charge in [0, 0.05) is 36.1 Å². The van der Waals surface area contributed by atoms with Gasteiger partial charge in [0.05, 0.1) is 0 Å². The van der Waals surface area contributed by atoms with E-state index in [0.29, 0.717) is 0 Å². The SMILES string of the molecule is c1cnc2[nH]cc(CNCC3CCCS3)c2c1. The third-order valence-electron chi connectivity index (χ3n) is 3.25. The molecule has 0 aliphatic carbocycles. The lowest BCUT2D eigenvalue weighted by Gasteiger charge is -2.09. The molecule has 0 spiro atoms. The van der Waals surface area contributed by atoms with Gasteiger partial charge in [0.15, 0.2) is 0 Å². The van der Waals surface area contributed by atoms with Crippen LogP contribution < -0.4 is 5.32 Å². The van der Waals surface area contributed by atoms with Crippen LogP contribution in [-0.4, -0.2) is 27.5 Å². The molecule has 0 amide bonds. The molecule has 0 radical (unpaired) electrons. The number of aromatic amines is 1. The fraction of sp³-hybridized carbons (Fsp3) is 0.462. The number of thioether (sulfide) groups is 1. The Morgan fingerprint density at radius 3 is 3.41 bits per heavy atom. The standard InChI is InChI=1S/C13H17N3S/c1-4-12-10(8-16-13(12)15-5-1)7-14-9-11-3-2-6-17-11/h1,4-5,8,11,14H,2-3,6-7,9H2,(H,15,16). The molecule has 3 heterocycles. The van der Waals surface area contributed by atoms with E-state index in [1.165, 1.54) is 29.5 Å². The van der Waals surface area contributed by atoms with Crippen LogP contribution in [-0.2, 0) is 6.54 Å². The maximum absolute atomic E-state index is 4.30. The first kappa shape index (κ1) is 11.1. The van der Waals surface area contributed by atoms with Crippen LogP contribution in [0.25, 0.3) is 11.0 Å². The Kier molecular flexibility index (Phi) is 3.34. The first-order valence-corrected chi connectivity index (χ1v) is 7.21. The second-order valence-electron chi connectivity index (χ2n) is 4.48. The highest BCUT2D eigenvalue weighted by Gasteiger charge is 2.14. The van der Waals surface area contributed by atoms with Crippen molar-refractivity contribution in [3.8, 4) is 0 Å². The van der Waals surface area contributed by atoms with Gasteiger partial charge in [0.2, 0.25) is 0 Å². The van der Waals surface area contributed by atoms with Crippen molar-refractivity contribution in [1.82, 2.24) is 15.3 Å². The zero-order chi connectivity index (χ0) is 11.5. The lowest BCUT2D eigenvalue weighted by molar-refractivity contribution is 0.647. The van der Waals surface area contributed by atoms with E-state index in [0.717, 1.165) is 24.0 Å². The normalized spacial score (nSPS) is 20.1. The van der Waals surface area contributed by atoms with Crippen molar-refractivity contribution in [1.29, 1.82) is 0 Å². The third kappa shape index (κ3) is 2.48. The van der Waals surface area contributed by atoms with E-state index >= 15 is 0 Å². The average Bonchev–Trinajstić information content (AvgIpc) is 2.99. The van der Waals surface area contributed by atoms with Crippen molar-refractivity contribution < 1.29 is 0 Å². The third-order valence-corrected chi connectivity index (χ3v) is 4.65. The fourth-order valence-corrected chi connectivity index (χ4v) is 3.57. The van der Waals surface area contributed by atoms with Crippen LogP contribution in [0.1, 0.15) is 18.4 Å². The number of pyridine rings is 1. The van der Waals surface area contributed by atoms with Crippen molar-refractivity contribution in [3.05, 3.63) is 30.1 Å². The summed E-state index contributed by atoms with van der Waals surface area (Å²) in [5, 5.41) is 5.61. The van der Waals surface area contributed by atoms with Gasteiger partial charge in [0.25, 0.3) is 0 Å². The molecular formula is C13H17N3S. The van der Waals surface area contributed by atoms with Gasteiger partial charge in [-0.15, -0.1) is 0 Å². The molecule has 1 saturated heterocycles. The molecule has 3 rings (SSSR count). The lowest BCUT2D eigenvalue weighted by Crippen LogP contribution is -2.22. The van der Waals surface area contributed by atoms with E-state index in [2.05, 4.69) is 39.3 Å². The van der Waals surface area contributed by atoms with Gasteiger partial charge in [0.1, 0.15) is 5.65 Å². The topological polar surface area (TPSA) is 40.7 Å². The van der Waals surface area contributed by atoms with E-state index in [9.17, 15) is 0 Å². The van der Waals surface area contributed by atoms with Gasteiger partial charge < -0.3 is 10.3 Å². The van der Waals surface area contributed by atoms with Gasteiger partial charge in [-0.05, 0) is 36.3 Å². The Hall–Kier alpha value is -1.00. The monoisotopic (exact) mass is 247 g/mol. The highest BCUT2D eigenvalue weighted by molar-refractivity contribution is 8.00. The molecule has 0 aromatic carbocycles.